The van der Waals surface area contributed by atoms with E-state index in [1.165, 1.54) is 18.2 Å². The van der Waals surface area contributed by atoms with Crippen molar-refractivity contribution >= 4 is 17.3 Å². The highest BCUT2D eigenvalue weighted by Gasteiger charge is 2.27. The van der Waals surface area contributed by atoms with Crippen LogP contribution in [0.3, 0.4) is 0 Å². The van der Waals surface area contributed by atoms with Gasteiger partial charge >= 0.3 is 12.1 Å². The number of hydrogen-bond acceptors (Lipinski definition) is 5. The van der Waals surface area contributed by atoms with Crippen LogP contribution in [0.2, 0.25) is 0 Å². The molecule has 106 valence electrons. The van der Waals surface area contributed by atoms with Crippen molar-refractivity contribution in [2.24, 2.45) is 0 Å². The second kappa shape index (κ2) is 6.28. The summed E-state index contributed by atoms with van der Waals surface area (Å²) in [7, 11) is 0. The van der Waals surface area contributed by atoms with Crippen molar-refractivity contribution in [1.29, 1.82) is 0 Å². The van der Waals surface area contributed by atoms with E-state index >= 15 is 0 Å². The smallest absolute Gasteiger partial charge is 0.411 e. The number of nitrogens with two attached hydrogens (primary N) is 2. The van der Waals surface area contributed by atoms with E-state index in [2.05, 4.69) is 4.74 Å². The molecule has 0 aliphatic carbocycles. The quantitative estimate of drug-likeness (QED) is 0.485. The zero-order valence-electron chi connectivity index (χ0n) is 9.87. The Morgan fingerprint density at radius 3 is 2.47 bits per heavy atom. The SMILES string of the molecule is Nc1ccc(C(=O)OCCOCC(F)(F)F)c(N)c1. The minimum absolute atomic E-state index is 0.102. The van der Waals surface area contributed by atoms with Crippen LogP contribution in [0.25, 0.3) is 0 Å². The Hall–Kier alpha value is -1.96. The Labute approximate surface area is 107 Å². The standard InChI is InChI=1S/C11H13F3N2O3/c12-11(13,14)6-18-3-4-19-10(17)8-2-1-7(15)5-9(8)16/h1-2,5H,3-4,6,15-16H2. The summed E-state index contributed by atoms with van der Waals surface area (Å²) < 4.78 is 44.2. The molecule has 0 amide bonds. The van der Waals surface area contributed by atoms with Gasteiger partial charge in [-0.1, -0.05) is 0 Å². The molecule has 19 heavy (non-hydrogen) atoms. The molecule has 0 aromatic heterocycles. The van der Waals surface area contributed by atoms with Gasteiger partial charge in [0.25, 0.3) is 0 Å². The Kier molecular flexibility index (Phi) is 4.99. The Morgan fingerprint density at radius 1 is 1.21 bits per heavy atom. The summed E-state index contributed by atoms with van der Waals surface area (Å²) in [6.07, 6.45) is -4.40. The van der Waals surface area contributed by atoms with Crippen LogP contribution in [0.1, 0.15) is 10.4 Å². The molecular formula is C11H13F3N2O3. The molecule has 1 rings (SSSR count). The van der Waals surface area contributed by atoms with Gasteiger partial charge in [-0.05, 0) is 18.2 Å². The molecule has 5 nitrogen and oxygen atoms in total. The molecule has 0 atom stereocenters. The van der Waals surface area contributed by atoms with Crippen LogP contribution in [0.5, 0.6) is 0 Å². The highest BCUT2D eigenvalue weighted by Crippen LogP contribution is 2.17. The lowest BCUT2D eigenvalue weighted by molar-refractivity contribution is -0.175. The maximum absolute atomic E-state index is 11.7. The molecule has 0 bridgehead atoms. The van der Waals surface area contributed by atoms with E-state index in [4.69, 9.17) is 16.2 Å². The van der Waals surface area contributed by atoms with Crippen LogP contribution in [0.15, 0.2) is 18.2 Å². The molecule has 0 saturated carbocycles. The first-order valence-electron chi connectivity index (χ1n) is 5.26. The lowest BCUT2D eigenvalue weighted by atomic mass is 10.1. The lowest BCUT2D eigenvalue weighted by Crippen LogP contribution is -2.20. The first kappa shape index (κ1) is 15.1. The normalized spacial score (nSPS) is 11.3. The largest absolute Gasteiger partial charge is 0.460 e. The molecule has 0 saturated heterocycles. The van der Waals surface area contributed by atoms with Gasteiger partial charge in [0.05, 0.1) is 12.2 Å². The second-order valence-electron chi connectivity index (χ2n) is 3.65. The average Bonchev–Trinajstić information content (AvgIpc) is 2.26. The zero-order chi connectivity index (χ0) is 14.5. The van der Waals surface area contributed by atoms with Crippen molar-refractivity contribution in [2.75, 3.05) is 31.3 Å². The third-order valence-electron chi connectivity index (χ3n) is 2.02. The van der Waals surface area contributed by atoms with E-state index in [0.29, 0.717) is 5.69 Å². The zero-order valence-corrected chi connectivity index (χ0v) is 9.87. The van der Waals surface area contributed by atoms with Crippen molar-refractivity contribution in [3.8, 4) is 0 Å². The number of carbonyl (C=O) groups is 1. The molecule has 0 aliphatic rings. The maximum atomic E-state index is 11.7. The Balaban J connectivity index is 2.36. The molecule has 0 heterocycles. The molecule has 0 unspecified atom stereocenters. The Bertz CT molecular complexity index is 449. The van der Waals surface area contributed by atoms with Gasteiger partial charge in [-0.25, -0.2) is 4.79 Å². The predicted octanol–water partition coefficient (Wildman–Crippen LogP) is 1.59. The number of alkyl halides is 3. The van der Waals surface area contributed by atoms with Gasteiger partial charge in [0.15, 0.2) is 0 Å². The molecule has 0 spiro atoms. The van der Waals surface area contributed by atoms with Gasteiger partial charge in [0.2, 0.25) is 0 Å². The van der Waals surface area contributed by atoms with Crippen molar-refractivity contribution in [3.63, 3.8) is 0 Å². The number of esters is 1. The fraction of sp³-hybridized carbons (Fsp3) is 0.364. The van der Waals surface area contributed by atoms with Crippen LogP contribution >= 0.6 is 0 Å². The first-order valence-corrected chi connectivity index (χ1v) is 5.26. The number of hydrogen-bond donors (Lipinski definition) is 2. The summed E-state index contributed by atoms with van der Waals surface area (Å²) in [5, 5.41) is 0. The molecule has 0 aliphatic heterocycles. The van der Waals surface area contributed by atoms with E-state index in [1.807, 2.05) is 0 Å². The van der Waals surface area contributed by atoms with Gasteiger partial charge < -0.3 is 20.9 Å². The highest BCUT2D eigenvalue weighted by atomic mass is 19.4. The number of nitrogen functional groups attached to an aromatic ring is 2. The summed E-state index contributed by atoms with van der Waals surface area (Å²) in [5.41, 5.74) is 11.6. The van der Waals surface area contributed by atoms with Crippen LogP contribution in [-0.4, -0.2) is 32.0 Å². The van der Waals surface area contributed by atoms with E-state index in [1.54, 1.807) is 0 Å². The average molecular weight is 278 g/mol. The first-order chi connectivity index (χ1) is 8.79. The van der Waals surface area contributed by atoms with Gasteiger partial charge in [0, 0.05) is 11.4 Å². The van der Waals surface area contributed by atoms with Crippen LogP contribution in [0.4, 0.5) is 24.5 Å². The number of rotatable bonds is 5. The molecule has 1 aromatic rings. The van der Waals surface area contributed by atoms with Gasteiger partial charge in [-0.2, -0.15) is 13.2 Å². The van der Waals surface area contributed by atoms with Crippen molar-refractivity contribution in [3.05, 3.63) is 23.8 Å². The topological polar surface area (TPSA) is 87.6 Å². The molecule has 0 fully saturated rings. The third-order valence-corrected chi connectivity index (χ3v) is 2.02. The van der Waals surface area contributed by atoms with Crippen LogP contribution in [0, 0.1) is 0 Å². The maximum Gasteiger partial charge on any atom is 0.411 e. The van der Waals surface area contributed by atoms with Crippen LogP contribution in [-0.2, 0) is 9.47 Å². The monoisotopic (exact) mass is 278 g/mol. The summed E-state index contributed by atoms with van der Waals surface area (Å²) in [5.74, 6) is -0.742. The second-order valence-corrected chi connectivity index (χ2v) is 3.65. The van der Waals surface area contributed by atoms with Crippen molar-refractivity contribution < 1.29 is 27.4 Å². The minimum Gasteiger partial charge on any atom is -0.460 e. The number of benzene rings is 1. The number of carbonyl (C=O) groups excluding carboxylic acids is 1. The third kappa shape index (κ3) is 5.47. The van der Waals surface area contributed by atoms with E-state index in [9.17, 15) is 18.0 Å². The van der Waals surface area contributed by atoms with E-state index < -0.39 is 18.8 Å². The highest BCUT2D eigenvalue weighted by molar-refractivity contribution is 5.95. The lowest BCUT2D eigenvalue weighted by Gasteiger charge is -2.09. The minimum atomic E-state index is -4.40. The van der Waals surface area contributed by atoms with Crippen LogP contribution < -0.4 is 11.5 Å². The van der Waals surface area contributed by atoms with Crippen molar-refractivity contribution in [1.82, 2.24) is 0 Å². The fourth-order valence-electron chi connectivity index (χ4n) is 1.23. The van der Waals surface area contributed by atoms with Gasteiger partial charge in [-0.3, -0.25) is 0 Å². The number of anilines is 2. The summed E-state index contributed by atoms with van der Waals surface area (Å²) >= 11 is 0. The van der Waals surface area contributed by atoms with E-state index in [0.717, 1.165) is 0 Å². The number of ether oxygens (including phenoxy) is 2. The predicted molar refractivity (Wildman–Crippen MR) is 62.4 cm³/mol. The fourth-order valence-corrected chi connectivity index (χ4v) is 1.23. The summed E-state index contributed by atoms with van der Waals surface area (Å²) in [4.78, 5) is 11.5. The summed E-state index contributed by atoms with van der Waals surface area (Å²) in [6.45, 7) is -2.02. The molecule has 4 N–H and O–H groups in total. The molecule has 1 aromatic carbocycles. The van der Waals surface area contributed by atoms with Gasteiger partial charge in [0.1, 0.15) is 13.2 Å². The molecule has 0 radical (unpaired) electrons. The molecular weight excluding hydrogens is 265 g/mol. The van der Waals surface area contributed by atoms with E-state index in [-0.39, 0.29) is 24.5 Å². The number of halogens is 3. The summed E-state index contributed by atoms with van der Waals surface area (Å²) in [6, 6.07) is 4.23. The van der Waals surface area contributed by atoms with Crippen molar-refractivity contribution in [2.45, 2.75) is 6.18 Å². The molecule has 8 heteroatoms. The Morgan fingerprint density at radius 2 is 1.89 bits per heavy atom. The van der Waals surface area contributed by atoms with Gasteiger partial charge in [-0.15, -0.1) is 0 Å².